The van der Waals surface area contributed by atoms with E-state index in [0.717, 1.165) is 27.3 Å². The quantitative estimate of drug-likeness (QED) is 0.772. The van der Waals surface area contributed by atoms with Crippen molar-refractivity contribution in [2.45, 2.75) is 34.2 Å². The second-order valence-corrected chi connectivity index (χ2v) is 7.31. The second kappa shape index (κ2) is 9.38. The van der Waals surface area contributed by atoms with Crippen molar-refractivity contribution in [1.82, 2.24) is 10.2 Å². The summed E-state index contributed by atoms with van der Waals surface area (Å²) in [5, 5.41) is 4.81. The molecule has 0 aliphatic carbocycles. The van der Waals surface area contributed by atoms with Crippen LogP contribution in [0.5, 0.6) is 5.75 Å². The lowest BCUT2D eigenvalue weighted by atomic mass is 10.1. The molecule has 0 aliphatic rings. The van der Waals surface area contributed by atoms with Crippen molar-refractivity contribution in [2.24, 2.45) is 0 Å². The smallest absolute Gasteiger partial charge is 0.260 e. The van der Waals surface area contributed by atoms with Gasteiger partial charge in [0.15, 0.2) is 6.61 Å². The molecule has 0 radical (unpaired) electrons. The Bertz CT molecular complexity index is 733. The molecule has 1 heterocycles. The summed E-state index contributed by atoms with van der Waals surface area (Å²) in [6.45, 7) is 8.73. The summed E-state index contributed by atoms with van der Waals surface area (Å²) >= 11 is 1.59. The first-order chi connectivity index (χ1) is 12.4. The molecule has 0 bridgehead atoms. The van der Waals surface area contributed by atoms with E-state index in [0.29, 0.717) is 13.1 Å². The van der Waals surface area contributed by atoms with Crippen molar-refractivity contribution in [3.63, 3.8) is 0 Å². The molecule has 2 aromatic rings. The lowest BCUT2D eigenvalue weighted by Crippen LogP contribution is -2.42. The molecule has 6 heteroatoms. The molecule has 2 rings (SSSR count). The fraction of sp³-hybridized carbons (Fsp3) is 0.400. The molecule has 0 saturated carbocycles. The number of nitrogens with one attached hydrogen (secondary N) is 1. The molecule has 5 nitrogen and oxygen atoms in total. The molecule has 2 amide bonds. The molecule has 0 atom stereocenters. The van der Waals surface area contributed by atoms with Gasteiger partial charge in [-0.15, -0.1) is 11.3 Å². The van der Waals surface area contributed by atoms with Crippen molar-refractivity contribution in [1.29, 1.82) is 0 Å². The molecular weight excluding hydrogens is 348 g/mol. The van der Waals surface area contributed by atoms with Gasteiger partial charge in [0.2, 0.25) is 5.91 Å². The average Bonchev–Trinajstić information content (AvgIpc) is 3.10. The van der Waals surface area contributed by atoms with Gasteiger partial charge >= 0.3 is 0 Å². The Balaban J connectivity index is 1.87. The lowest BCUT2D eigenvalue weighted by molar-refractivity contribution is -0.137. The van der Waals surface area contributed by atoms with Crippen LogP contribution < -0.4 is 10.1 Å². The highest BCUT2D eigenvalue weighted by Crippen LogP contribution is 2.24. The summed E-state index contributed by atoms with van der Waals surface area (Å²) in [5.41, 5.74) is 3.18. The van der Waals surface area contributed by atoms with Gasteiger partial charge in [0.05, 0.1) is 13.1 Å². The third kappa shape index (κ3) is 5.59. The molecule has 26 heavy (non-hydrogen) atoms. The Morgan fingerprint density at radius 3 is 2.46 bits per heavy atom. The van der Waals surface area contributed by atoms with Crippen LogP contribution in [0, 0.1) is 20.8 Å². The Labute approximate surface area is 159 Å². The number of thiophene rings is 1. The Morgan fingerprint density at radius 1 is 1.19 bits per heavy atom. The van der Waals surface area contributed by atoms with Gasteiger partial charge in [-0.2, -0.15) is 0 Å². The fourth-order valence-corrected chi connectivity index (χ4v) is 3.47. The van der Waals surface area contributed by atoms with E-state index in [-0.39, 0.29) is 25.0 Å². The van der Waals surface area contributed by atoms with E-state index >= 15 is 0 Å². The molecule has 0 unspecified atom stereocenters. The van der Waals surface area contributed by atoms with Crippen molar-refractivity contribution in [3.05, 3.63) is 51.2 Å². The van der Waals surface area contributed by atoms with Crippen molar-refractivity contribution in [2.75, 3.05) is 19.7 Å². The molecule has 0 saturated heterocycles. The minimum Gasteiger partial charge on any atom is -0.483 e. The van der Waals surface area contributed by atoms with Gasteiger partial charge in [0.25, 0.3) is 5.91 Å². The molecule has 1 aromatic heterocycles. The minimum atomic E-state index is -0.196. The number of carbonyl (C=O) groups is 2. The van der Waals surface area contributed by atoms with Crippen LogP contribution in [0.4, 0.5) is 0 Å². The monoisotopic (exact) mass is 374 g/mol. The summed E-state index contributed by atoms with van der Waals surface area (Å²) in [6, 6.07) is 7.97. The Kier molecular flexibility index (Phi) is 7.21. The standard InChI is InChI=1S/C20H26N2O3S/c1-5-22(12-18(23)21-11-17-7-6-8-26-17)19(24)13-25-20-15(3)9-14(2)10-16(20)4/h6-10H,5,11-13H2,1-4H3,(H,21,23). The number of rotatable bonds is 8. The number of hydrogen-bond donors (Lipinski definition) is 1. The highest BCUT2D eigenvalue weighted by Gasteiger charge is 2.17. The van der Waals surface area contributed by atoms with Gasteiger partial charge in [0.1, 0.15) is 5.75 Å². The summed E-state index contributed by atoms with van der Waals surface area (Å²) < 4.78 is 5.75. The zero-order chi connectivity index (χ0) is 19.1. The number of ether oxygens (including phenoxy) is 1. The van der Waals surface area contributed by atoms with Crippen LogP contribution in [-0.2, 0) is 16.1 Å². The van der Waals surface area contributed by atoms with E-state index in [1.807, 2.05) is 57.3 Å². The first-order valence-electron chi connectivity index (χ1n) is 8.68. The predicted octanol–water partition coefficient (Wildman–Crippen LogP) is 3.22. The SMILES string of the molecule is CCN(CC(=O)NCc1cccs1)C(=O)COc1c(C)cc(C)cc1C. The second-order valence-electron chi connectivity index (χ2n) is 6.28. The van der Waals surface area contributed by atoms with Gasteiger partial charge in [0, 0.05) is 11.4 Å². The van der Waals surface area contributed by atoms with Gasteiger partial charge < -0.3 is 15.0 Å². The highest BCUT2D eigenvalue weighted by molar-refractivity contribution is 7.09. The van der Waals surface area contributed by atoms with Gasteiger partial charge in [-0.05, 0) is 50.3 Å². The first kappa shape index (κ1) is 20.0. The largest absolute Gasteiger partial charge is 0.483 e. The van der Waals surface area contributed by atoms with Crippen LogP contribution in [0.25, 0.3) is 0 Å². The molecule has 0 aliphatic heterocycles. The number of likely N-dealkylation sites (N-methyl/N-ethyl adjacent to an activating group) is 1. The van der Waals surface area contributed by atoms with Crippen LogP contribution in [0.3, 0.4) is 0 Å². The number of hydrogen-bond acceptors (Lipinski definition) is 4. The summed E-state index contributed by atoms with van der Waals surface area (Å²) in [4.78, 5) is 27.1. The van der Waals surface area contributed by atoms with Gasteiger partial charge in [-0.3, -0.25) is 9.59 Å². The average molecular weight is 375 g/mol. The van der Waals surface area contributed by atoms with E-state index in [9.17, 15) is 9.59 Å². The van der Waals surface area contributed by atoms with Crippen LogP contribution in [0.2, 0.25) is 0 Å². The number of nitrogens with zero attached hydrogens (tertiary/aromatic N) is 1. The molecule has 1 aromatic carbocycles. The Hall–Kier alpha value is -2.34. The summed E-state index contributed by atoms with van der Waals surface area (Å²) in [7, 11) is 0. The minimum absolute atomic E-state index is 0.0376. The van der Waals surface area contributed by atoms with Crippen LogP contribution in [0.1, 0.15) is 28.5 Å². The van der Waals surface area contributed by atoms with E-state index in [4.69, 9.17) is 4.74 Å². The van der Waals surface area contributed by atoms with Crippen molar-refractivity contribution < 1.29 is 14.3 Å². The normalized spacial score (nSPS) is 10.5. The molecule has 0 fully saturated rings. The van der Waals surface area contributed by atoms with E-state index in [2.05, 4.69) is 5.32 Å². The fourth-order valence-electron chi connectivity index (χ4n) is 2.82. The molecule has 1 N–H and O–H groups in total. The third-order valence-corrected chi connectivity index (χ3v) is 4.93. The maximum absolute atomic E-state index is 12.4. The predicted molar refractivity (Wildman–Crippen MR) is 105 cm³/mol. The molecule has 140 valence electrons. The maximum Gasteiger partial charge on any atom is 0.260 e. The van der Waals surface area contributed by atoms with E-state index < -0.39 is 0 Å². The third-order valence-electron chi connectivity index (χ3n) is 4.05. The first-order valence-corrected chi connectivity index (χ1v) is 9.56. The highest BCUT2D eigenvalue weighted by atomic mass is 32.1. The Morgan fingerprint density at radius 2 is 1.88 bits per heavy atom. The number of aryl methyl sites for hydroxylation is 3. The van der Waals surface area contributed by atoms with Gasteiger partial charge in [-0.1, -0.05) is 23.8 Å². The summed E-state index contributed by atoms with van der Waals surface area (Å²) in [6.07, 6.45) is 0. The number of carbonyl (C=O) groups excluding carboxylic acids is 2. The zero-order valence-corrected chi connectivity index (χ0v) is 16.6. The molecular formula is C20H26N2O3S. The van der Waals surface area contributed by atoms with Crippen molar-refractivity contribution in [3.8, 4) is 5.75 Å². The van der Waals surface area contributed by atoms with Gasteiger partial charge in [-0.25, -0.2) is 0 Å². The topological polar surface area (TPSA) is 58.6 Å². The zero-order valence-electron chi connectivity index (χ0n) is 15.8. The van der Waals surface area contributed by atoms with Crippen LogP contribution >= 0.6 is 11.3 Å². The number of benzene rings is 1. The number of amides is 2. The lowest BCUT2D eigenvalue weighted by Gasteiger charge is -2.21. The molecule has 0 spiro atoms. The summed E-state index contributed by atoms with van der Waals surface area (Å²) in [5.74, 6) is 0.372. The maximum atomic E-state index is 12.4. The van der Waals surface area contributed by atoms with E-state index in [1.165, 1.54) is 4.90 Å². The van der Waals surface area contributed by atoms with E-state index in [1.54, 1.807) is 11.3 Å². The van der Waals surface area contributed by atoms with Crippen molar-refractivity contribution >= 4 is 23.2 Å². The van der Waals surface area contributed by atoms with Crippen LogP contribution in [0.15, 0.2) is 29.6 Å². The van der Waals surface area contributed by atoms with Crippen LogP contribution in [-0.4, -0.2) is 36.4 Å².